The van der Waals surface area contributed by atoms with Crippen molar-refractivity contribution in [3.63, 3.8) is 0 Å². The number of benzene rings is 1. The van der Waals surface area contributed by atoms with Gasteiger partial charge in [0.15, 0.2) is 0 Å². The molecular formula is C16H22FN. The molecule has 1 nitrogen and oxygen atoms in total. The number of nitrogens with one attached hydrogen (secondary N) is 1. The van der Waals surface area contributed by atoms with E-state index >= 15 is 0 Å². The van der Waals surface area contributed by atoms with Crippen LogP contribution in [-0.2, 0) is 6.42 Å². The molecule has 18 heavy (non-hydrogen) atoms. The van der Waals surface area contributed by atoms with Gasteiger partial charge in [-0.15, -0.1) is 0 Å². The van der Waals surface area contributed by atoms with E-state index in [4.69, 9.17) is 0 Å². The van der Waals surface area contributed by atoms with E-state index in [0.717, 1.165) is 24.4 Å². The van der Waals surface area contributed by atoms with Gasteiger partial charge in [-0.2, -0.15) is 0 Å². The molecule has 0 spiro atoms. The normalized spacial score (nSPS) is 20.9. The summed E-state index contributed by atoms with van der Waals surface area (Å²) in [6.45, 7) is 3.17. The van der Waals surface area contributed by atoms with Crippen LogP contribution in [-0.4, -0.2) is 12.6 Å². The van der Waals surface area contributed by atoms with Crippen molar-refractivity contribution in [3.05, 3.63) is 47.8 Å². The summed E-state index contributed by atoms with van der Waals surface area (Å²) >= 11 is 0. The van der Waals surface area contributed by atoms with E-state index in [1.54, 1.807) is 6.07 Å². The van der Waals surface area contributed by atoms with Gasteiger partial charge in [-0.05, 0) is 56.7 Å². The van der Waals surface area contributed by atoms with Crippen molar-refractivity contribution in [1.29, 1.82) is 0 Å². The minimum atomic E-state index is -0.0910. The Morgan fingerprint density at radius 1 is 1.33 bits per heavy atom. The molecule has 2 rings (SSSR count). The largest absolute Gasteiger partial charge is 0.314 e. The summed E-state index contributed by atoms with van der Waals surface area (Å²) in [5.41, 5.74) is 0.807. The fraction of sp³-hybridized carbons (Fsp3) is 0.500. The number of hydrogen-bond donors (Lipinski definition) is 1. The van der Waals surface area contributed by atoms with E-state index in [1.165, 1.54) is 25.3 Å². The van der Waals surface area contributed by atoms with Gasteiger partial charge in [0.25, 0.3) is 0 Å². The van der Waals surface area contributed by atoms with Crippen molar-refractivity contribution in [2.75, 3.05) is 6.54 Å². The first-order chi connectivity index (χ1) is 8.75. The SMILES string of the molecule is CC(Cc1ccccc1F)NCC1CC=CCC1. The Hall–Kier alpha value is -1.15. The second-order valence-corrected chi connectivity index (χ2v) is 5.26. The summed E-state index contributed by atoms with van der Waals surface area (Å²) in [5, 5.41) is 3.53. The first kappa shape index (κ1) is 13.3. The minimum absolute atomic E-state index is 0.0910. The summed E-state index contributed by atoms with van der Waals surface area (Å²) in [6.07, 6.45) is 8.95. The van der Waals surface area contributed by atoms with Gasteiger partial charge < -0.3 is 5.32 Å². The summed E-state index contributed by atoms with van der Waals surface area (Å²) in [4.78, 5) is 0. The fourth-order valence-corrected chi connectivity index (χ4v) is 2.48. The van der Waals surface area contributed by atoms with Crippen LogP contribution in [0.4, 0.5) is 4.39 Å². The van der Waals surface area contributed by atoms with Gasteiger partial charge in [-0.1, -0.05) is 30.4 Å². The summed E-state index contributed by atoms with van der Waals surface area (Å²) < 4.78 is 13.5. The third-order valence-corrected chi connectivity index (χ3v) is 3.62. The van der Waals surface area contributed by atoms with E-state index in [-0.39, 0.29) is 5.82 Å². The molecule has 0 fully saturated rings. The molecule has 1 aliphatic rings. The lowest BCUT2D eigenvalue weighted by Crippen LogP contribution is -2.33. The molecule has 1 aliphatic carbocycles. The molecule has 0 radical (unpaired) electrons. The number of halogens is 1. The zero-order chi connectivity index (χ0) is 12.8. The molecule has 1 N–H and O–H groups in total. The molecule has 2 unspecified atom stereocenters. The highest BCUT2D eigenvalue weighted by Crippen LogP contribution is 2.17. The highest BCUT2D eigenvalue weighted by atomic mass is 19.1. The van der Waals surface area contributed by atoms with Gasteiger partial charge >= 0.3 is 0 Å². The van der Waals surface area contributed by atoms with E-state index in [2.05, 4.69) is 24.4 Å². The minimum Gasteiger partial charge on any atom is -0.314 e. The number of hydrogen-bond acceptors (Lipinski definition) is 1. The Balaban J connectivity index is 1.76. The van der Waals surface area contributed by atoms with E-state index in [9.17, 15) is 4.39 Å². The molecular weight excluding hydrogens is 225 g/mol. The van der Waals surface area contributed by atoms with Crippen LogP contribution in [0.1, 0.15) is 31.7 Å². The van der Waals surface area contributed by atoms with Crippen molar-refractivity contribution >= 4 is 0 Å². The molecule has 98 valence electrons. The van der Waals surface area contributed by atoms with Crippen LogP contribution < -0.4 is 5.32 Å². The van der Waals surface area contributed by atoms with Gasteiger partial charge in [0.1, 0.15) is 5.82 Å². The standard InChI is InChI=1S/C16H22FN/c1-13(11-15-9-5-6-10-16(15)17)18-12-14-7-3-2-4-8-14/h2-3,5-6,9-10,13-14,18H,4,7-8,11-12H2,1H3. The van der Waals surface area contributed by atoms with Gasteiger partial charge in [-0.3, -0.25) is 0 Å². The van der Waals surface area contributed by atoms with Crippen LogP contribution in [0.5, 0.6) is 0 Å². The van der Waals surface area contributed by atoms with Gasteiger partial charge in [0.2, 0.25) is 0 Å². The topological polar surface area (TPSA) is 12.0 Å². The Morgan fingerprint density at radius 2 is 2.17 bits per heavy atom. The molecule has 0 aromatic heterocycles. The molecule has 2 heteroatoms. The lowest BCUT2D eigenvalue weighted by atomic mass is 9.94. The molecule has 0 saturated heterocycles. The smallest absolute Gasteiger partial charge is 0.126 e. The van der Waals surface area contributed by atoms with Crippen LogP contribution in [0.3, 0.4) is 0 Å². The zero-order valence-corrected chi connectivity index (χ0v) is 11.0. The van der Waals surface area contributed by atoms with Crippen molar-refractivity contribution in [1.82, 2.24) is 5.32 Å². The summed E-state index contributed by atoms with van der Waals surface area (Å²) in [7, 11) is 0. The average molecular weight is 247 g/mol. The molecule has 0 saturated carbocycles. The lowest BCUT2D eigenvalue weighted by molar-refractivity contribution is 0.408. The molecule has 0 heterocycles. The highest BCUT2D eigenvalue weighted by Gasteiger charge is 2.12. The molecule has 2 atom stereocenters. The quantitative estimate of drug-likeness (QED) is 0.782. The van der Waals surface area contributed by atoms with Crippen molar-refractivity contribution in [3.8, 4) is 0 Å². The Bertz CT molecular complexity index is 400. The monoisotopic (exact) mass is 247 g/mol. The maximum absolute atomic E-state index is 13.5. The van der Waals surface area contributed by atoms with Crippen LogP contribution in [0, 0.1) is 11.7 Å². The molecule has 1 aromatic rings. The van der Waals surface area contributed by atoms with E-state index < -0.39 is 0 Å². The molecule has 0 aliphatic heterocycles. The fourth-order valence-electron chi connectivity index (χ4n) is 2.48. The maximum atomic E-state index is 13.5. The molecule has 0 bridgehead atoms. The lowest BCUT2D eigenvalue weighted by Gasteiger charge is -2.21. The van der Waals surface area contributed by atoms with Crippen molar-refractivity contribution in [2.24, 2.45) is 5.92 Å². The van der Waals surface area contributed by atoms with E-state index in [0.29, 0.717) is 6.04 Å². The predicted octanol–water partition coefficient (Wildman–Crippen LogP) is 3.70. The highest BCUT2D eigenvalue weighted by molar-refractivity contribution is 5.18. The second-order valence-electron chi connectivity index (χ2n) is 5.26. The van der Waals surface area contributed by atoms with Crippen molar-refractivity contribution in [2.45, 2.75) is 38.6 Å². The van der Waals surface area contributed by atoms with Crippen LogP contribution in [0.15, 0.2) is 36.4 Å². The first-order valence-corrected chi connectivity index (χ1v) is 6.87. The van der Waals surface area contributed by atoms with Crippen LogP contribution in [0.2, 0.25) is 0 Å². The second kappa shape index (κ2) is 6.69. The zero-order valence-electron chi connectivity index (χ0n) is 11.0. The third kappa shape index (κ3) is 3.95. The Kier molecular flexibility index (Phi) is 4.94. The van der Waals surface area contributed by atoms with Crippen molar-refractivity contribution < 1.29 is 4.39 Å². The number of rotatable bonds is 5. The predicted molar refractivity (Wildman–Crippen MR) is 74.0 cm³/mol. The first-order valence-electron chi connectivity index (χ1n) is 6.87. The number of allylic oxidation sites excluding steroid dienone is 2. The Labute approximate surface area is 109 Å². The molecule has 1 aromatic carbocycles. The maximum Gasteiger partial charge on any atom is 0.126 e. The third-order valence-electron chi connectivity index (χ3n) is 3.62. The average Bonchev–Trinajstić information content (AvgIpc) is 2.40. The van der Waals surface area contributed by atoms with Gasteiger partial charge in [0.05, 0.1) is 0 Å². The Morgan fingerprint density at radius 3 is 2.89 bits per heavy atom. The van der Waals surface area contributed by atoms with Crippen LogP contribution >= 0.6 is 0 Å². The van der Waals surface area contributed by atoms with Gasteiger partial charge in [-0.25, -0.2) is 4.39 Å². The van der Waals surface area contributed by atoms with Crippen LogP contribution in [0.25, 0.3) is 0 Å². The molecule has 0 amide bonds. The van der Waals surface area contributed by atoms with Gasteiger partial charge in [0, 0.05) is 6.04 Å². The summed E-state index contributed by atoms with van der Waals surface area (Å²) in [5.74, 6) is 0.657. The summed E-state index contributed by atoms with van der Waals surface area (Å²) in [6, 6.07) is 7.38. The van der Waals surface area contributed by atoms with E-state index in [1.807, 2.05) is 12.1 Å².